The average molecular weight is 359 g/mol. The van der Waals surface area contributed by atoms with Gasteiger partial charge in [0.05, 0.1) is 6.54 Å². The van der Waals surface area contributed by atoms with Crippen molar-refractivity contribution in [2.75, 3.05) is 44.2 Å². The van der Waals surface area contributed by atoms with Crippen LogP contribution in [0.25, 0.3) is 0 Å². The third-order valence-electron chi connectivity index (χ3n) is 4.43. The van der Waals surface area contributed by atoms with Crippen LogP contribution < -0.4 is 15.5 Å². The van der Waals surface area contributed by atoms with Crippen LogP contribution in [0.2, 0.25) is 0 Å². The second kappa shape index (κ2) is 9.44. The number of hydrogen-bond acceptors (Lipinski definition) is 4. The van der Waals surface area contributed by atoms with Gasteiger partial charge >= 0.3 is 6.03 Å². The van der Waals surface area contributed by atoms with E-state index >= 15 is 0 Å². The zero-order chi connectivity index (χ0) is 17.3. The summed E-state index contributed by atoms with van der Waals surface area (Å²) in [7, 11) is 0. The van der Waals surface area contributed by atoms with Gasteiger partial charge in [-0.2, -0.15) is 0 Å². The van der Waals surface area contributed by atoms with E-state index in [9.17, 15) is 4.79 Å². The molecule has 5 nitrogen and oxygen atoms in total. The van der Waals surface area contributed by atoms with Crippen LogP contribution in [0.5, 0.6) is 0 Å². The van der Waals surface area contributed by atoms with E-state index in [1.54, 1.807) is 11.3 Å². The summed E-state index contributed by atoms with van der Waals surface area (Å²) in [5.74, 6) is 0. The molecule has 1 aromatic heterocycles. The molecule has 2 amide bonds. The maximum Gasteiger partial charge on any atom is 0.315 e. The minimum absolute atomic E-state index is 0.0812. The van der Waals surface area contributed by atoms with E-state index in [0.717, 1.165) is 45.7 Å². The first kappa shape index (κ1) is 17.8. The molecular weight excluding hydrogens is 332 g/mol. The van der Waals surface area contributed by atoms with Crippen molar-refractivity contribution in [1.29, 1.82) is 0 Å². The largest absolute Gasteiger partial charge is 0.369 e. The van der Waals surface area contributed by atoms with Gasteiger partial charge in [0.15, 0.2) is 0 Å². The predicted molar refractivity (Wildman–Crippen MR) is 104 cm³/mol. The number of rotatable bonds is 7. The number of para-hydroxylation sites is 1. The molecule has 2 heterocycles. The number of carbonyl (C=O) groups is 1. The highest BCUT2D eigenvalue weighted by molar-refractivity contribution is 7.09. The Balaban J connectivity index is 1.26. The molecule has 3 rings (SSSR count). The Morgan fingerprint density at radius 3 is 2.52 bits per heavy atom. The fourth-order valence-electron chi connectivity index (χ4n) is 3.02. The molecule has 1 saturated heterocycles. The van der Waals surface area contributed by atoms with Gasteiger partial charge in [-0.15, -0.1) is 11.3 Å². The van der Waals surface area contributed by atoms with Gasteiger partial charge in [-0.25, -0.2) is 4.79 Å². The van der Waals surface area contributed by atoms with Crippen LogP contribution in [-0.2, 0) is 6.54 Å². The predicted octanol–water partition coefficient (Wildman–Crippen LogP) is 2.76. The molecule has 0 saturated carbocycles. The summed E-state index contributed by atoms with van der Waals surface area (Å²) in [4.78, 5) is 17.8. The van der Waals surface area contributed by atoms with Crippen molar-refractivity contribution >= 4 is 23.1 Å². The number of benzene rings is 1. The highest BCUT2D eigenvalue weighted by atomic mass is 32.1. The molecule has 0 unspecified atom stereocenters. The van der Waals surface area contributed by atoms with Crippen LogP contribution in [0.4, 0.5) is 10.5 Å². The summed E-state index contributed by atoms with van der Waals surface area (Å²) in [6.07, 6.45) is 0.984. The maximum atomic E-state index is 11.8. The third kappa shape index (κ3) is 5.76. The van der Waals surface area contributed by atoms with Crippen LogP contribution >= 0.6 is 11.3 Å². The normalized spacial score (nSPS) is 15.1. The molecule has 1 aliphatic rings. The molecule has 2 N–H and O–H groups in total. The van der Waals surface area contributed by atoms with Crippen molar-refractivity contribution < 1.29 is 4.79 Å². The lowest BCUT2D eigenvalue weighted by atomic mass is 10.2. The number of thiophene rings is 1. The average Bonchev–Trinajstić information content (AvgIpc) is 3.18. The van der Waals surface area contributed by atoms with Crippen LogP contribution in [-0.4, -0.2) is 50.2 Å². The number of nitrogens with zero attached hydrogens (tertiary/aromatic N) is 2. The van der Waals surface area contributed by atoms with Crippen molar-refractivity contribution in [3.05, 3.63) is 52.7 Å². The monoisotopic (exact) mass is 358 g/mol. The Bertz CT molecular complexity index is 624. The molecule has 1 aromatic carbocycles. The van der Waals surface area contributed by atoms with Gasteiger partial charge in [-0.05, 0) is 36.5 Å². The van der Waals surface area contributed by atoms with Gasteiger partial charge < -0.3 is 15.5 Å². The molecule has 134 valence electrons. The third-order valence-corrected chi connectivity index (χ3v) is 5.31. The second-order valence-corrected chi connectivity index (χ2v) is 7.24. The Labute approximate surface area is 153 Å². The van der Waals surface area contributed by atoms with Crippen molar-refractivity contribution in [3.8, 4) is 0 Å². The number of piperazine rings is 1. The molecule has 2 aromatic rings. The smallest absolute Gasteiger partial charge is 0.315 e. The number of anilines is 1. The molecule has 6 heteroatoms. The summed E-state index contributed by atoms with van der Waals surface area (Å²) in [5.41, 5.74) is 1.31. The van der Waals surface area contributed by atoms with Gasteiger partial charge in [0, 0.05) is 43.3 Å². The first-order valence-electron chi connectivity index (χ1n) is 8.88. The molecule has 0 atom stereocenters. The first-order valence-corrected chi connectivity index (χ1v) is 9.76. The number of urea groups is 1. The van der Waals surface area contributed by atoms with E-state index in [-0.39, 0.29) is 6.03 Å². The van der Waals surface area contributed by atoms with E-state index in [2.05, 4.69) is 50.8 Å². The molecule has 1 aliphatic heterocycles. The lowest BCUT2D eigenvalue weighted by molar-refractivity contribution is 0.235. The van der Waals surface area contributed by atoms with Crippen molar-refractivity contribution in [2.45, 2.75) is 13.0 Å². The zero-order valence-electron chi connectivity index (χ0n) is 14.5. The van der Waals surface area contributed by atoms with E-state index in [1.807, 2.05) is 17.5 Å². The van der Waals surface area contributed by atoms with Crippen molar-refractivity contribution in [2.24, 2.45) is 0 Å². The van der Waals surface area contributed by atoms with Crippen LogP contribution in [0.15, 0.2) is 47.8 Å². The Morgan fingerprint density at radius 2 is 1.80 bits per heavy atom. The topological polar surface area (TPSA) is 47.6 Å². The number of amides is 2. The highest BCUT2D eigenvalue weighted by Gasteiger charge is 2.16. The Kier molecular flexibility index (Phi) is 6.71. The van der Waals surface area contributed by atoms with E-state index < -0.39 is 0 Å². The summed E-state index contributed by atoms with van der Waals surface area (Å²) in [5, 5.41) is 7.84. The van der Waals surface area contributed by atoms with Gasteiger partial charge in [0.25, 0.3) is 0 Å². The number of nitrogens with one attached hydrogen (secondary N) is 2. The number of carbonyl (C=O) groups excluding carboxylic acids is 1. The molecule has 0 bridgehead atoms. The van der Waals surface area contributed by atoms with Crippen LogP contribution in [0.3, 0.4) is 0 Å². The fraction of sp³-hybridized carbons (Fsp3) is 0.421. The molecular formula is C19H26N4OS. The lowest BCUT2D eigenvalue weighted by Gasteiger charge is -2.36. The first-order chi connectivity index (χ1) is 12.3. The van der Waals surface area contributed by atoms with E-state index in [0.29, 0.717) is 6.54 Å². The molecule has 0 spiro atoms. The van der Waals surface area contributed by atoms with E-state index in [1.165, 1.54) is 10.6 Å². The van der Waals surface area contributed by atoms with Crippen molar-refractivity contribution in [1.82, 2.24) is 15.5 Å². The molecule has 0 aliphatic carbocycles. The van der Waals surface area contributed by atoms with E-state index in [4.69, 9.17) is 0 Å². The second-order valence-electron chi connectivity index (χ2n) is 6.21. The van der Waals surface area contributed by atoms with Crippen molar-refractivity contribution in [3.63, 3.8) is 0 Å². The van der Waals surface area contributed by atoms with Gasteiger partial charge in [-0.1, -0.05) is 24.3 Å². The highest BCUT2D eigenvalue weighted by Crippen LogP contribution is 2.15. The van der Waals surface area contributed by atoms with Gasteiger partial charge in [-0.3, -0.25) is 4.90 Å². The summed E-state index contributed by atoms with van der Waals surface area (Å²) in [6, 6.07) is 14.5. The molecule has 0 radical (unpaired) electrons. The Hall–Kier alpha value is -2.05. The lowest BCUT2D eigenvalue weighted by Crippen LogP contribution is -2.47. The van der Waals surface area contributed by atoms with Crippen LogP contribution in [0, 0.1) is 0 Å². The number of hydrogen-bond donors (Lipinski definition) is 2. The summed E-state index contributed by atoms with van der Waals surface area (Å²) < 4.78 is 0. The minimum atomic E-state index is -0.0812. The minimum Gasteiger partial charge on any atom is -0.369 e. The summed E-state index contributed by atoms with van der Waals surface area (Å²) >= 11 is 1.66. The molecule has 1 fully saturated rings. The summed E-state index contributed by atoms with van der Waals surface area (Å²) in [6.45, 7) is 6.66. The zero-order valence-corrected chi connectivity index (χ0v) is 15.3. The van der Waals surface area contributed by atoms with Gasteiger partial charge in [0.1, 0.15) is 0 Å². The van der Waals surface area contributed by atoms with Gasteiger partial charge in [0.2, 0.25) is 0 Å². The standard InChI is InChI=1S/C19H26N4OS/c24-19(21-16-18-8-4-15-25-18)20-9-5-10-22-11-13-23(14-12-22)17-6-2-1-3-7-17/h1-4,6-8,15H,5,9-14,16H2,(H2,20,21,24). The fourth-order valence-corrected chi connectivity index (χ4v) is 3.66. The molecule has 25 heavy (non-hydrogen) atoms. The van der Waals surface area contributed by atoms with Crippen LogP contribution in [0.1, 0.15) is 11.3 Å². The Morgan fingerprint density at radius 1 is 1.00 bits per heavy atom. The SMILES string of the molecule is O=C(NCCCN1CCN(c2ccccc2)CC1)NCc1cccs1. The maximum absolute atomic E-state index is 11.8. The quantitative estimate of drug-likeness (QED) is 0.748.